The molecule has 2 nitrogen and oxygen atoms in total. The molecule has 0 N–H and O–H groups in total. The monoisotopic (exact) mass is 181 g/mol. The van der Waals surface area contributed by atoms with Crippen molar-refractivity contribution in [1.82, 2.24) is 4.90 Å². The van der Waals surface area contributed by atoms with Crippen LogP contribution in [0.1, 0.15) is 33.1 Å². The van der Waals surface area contributed by atoms with Gasteiger partial charge in [-0.25, -0.2) is 0 Å². The van der Waals surface area contributed by atoms with Crippen molar-refractivity contribution in [2.24, 2.45) is 5.92 Å². The largest absolute Gasteiger partial charge is 0.369 e. The Balaban J connectivity index is 2.58. The topological polar surface area (TPSA) is 20.3 Å². The number of hydrogen-bond donors (Lipinski definition) is 0. The molecule has 1 rings (SSSR count). The third kappa shape index (κ3) is 3.21. The van der Waals surface area contributed by atoms with Gasteiger partial charge in [0.1, 0.15) is 0 Å². The van der Waals surface area contributed by atoms with Gasteiger partial charge in [-0.15, -0.1) is 0 Å². The zero-order chi connectivity index (χ0) is 9.68. The van der Waals surface area contributed by atoms with E-state index in [2.05, 4.69) is 24.8 Å². The smallest absolute Gasteiger partial charge is 0.165 e. The first kappa shape index (κ1) is 10.3. The number of nitrogens with zero attached hydrogens (tertiary/aromatic N) is 1. The van der Waals surface area contributed by atoms with Crippen LogP contribution in [0.4, 0.5) is 0 Å². The van der Waals surface area contributed by atoms with Gasteiger partial charge in [0.05, 0.1) is 5.70 Å². The van der Waals surface area contributed by atoms with Gasteiger partial charge in [0.25, 0.3) is 0 Å². The van der Waals surface area contributed by atoms with Gasteiger partial charge in [0.15, 0.2) is 6.29 Å². The lowest BCUT2D eigenvalue weighted by Crippen LogP contribution is -2.29. The molecule has 74 valence electrons. The van der Waals surface area contributed by atoms with Crippen molar-refractivity contribution in [1.29, 1.82) is 0 Å². The second-order valence-corrected chi connectivity index (χ2v) is 4.00. The fourth-order valence-electron chi connectivity index (χ4n) is 1.71. The van der Waals surface area contributed by atoms with Crippen LogP contribution in [0.15, 0.2) is 11.8 Å². The molecule has 0 unspecified atom stereocenters. The first-order valence-corrected chi connectivity index (χ1v) is 5.16. The maximum Gasteiger partial charge on any atom is 0.165 e. The summed E-state index contributed by atoms with van der Waals surface area (Å²) < 4.78 is 0. The predicted molar refractivity (Wildman–Crippen MR) is 54.4 cm³/mol. The van der Waals surface area contributed by atoms with Crippen LogP contribution in [-0.2, 0) is 4.79 Å². The molecule has 13 heavy (non-hydrogen) atoms. The van der Waals surface area contributed by atoms with Crippen LogP contribution in [0.25, 0.3) is 0 Å². The summed E-state index contributed by atoms with van der Waals surface area (Å²) in [6.07, 6.45) is 6.81. The fraction of sp³-hybridized carbons (Fsp3) is 0.727. The van der Waals surface area contributed by atoms with E-state index >= 15 is 0 Å². The average Bonchev–Trinajstić information content (AvgIpc) is 2.15. The normalized spacial score (nSPS) is 19.3. The molecule has 0 aromatic carbocycles. The molecule has 1 heterocycles. The summed E-state index contributed by atoms with van der Waals surface area (Å²) >= 11 is 0. The van der Waals surface area contributed by atoms with Crippen molar-refractivity contribution in [2.45, 2.75) is 33.1 Å². The average molecular weight is 181 g/mol. The highest BCUT2D eigenvalue weighted by Gasteiger charge is 2.12. The van der Waals surface area contributed by atoms with E-state index in [-0.39, 0.29) is 0 Å². The van der Waals surface area contributed by atoms with Crippen LogP contribution in [-0.4, -0.2) is 24.3 Å². The SMILES string of the molecule is CC(C)/C=C(\C=O)N1CCCCC1. The van der Waals surface area contributed by atoms with Gasteiger partial charge in [-0.3, -0.25) is 4.79 Å². The first-order valence-electron chi connectivity index (χ1n) is 5.16. The zero-order valence-electron chi connectivity index (χ0n) is 8.62. The van der Waals surface area contributed by atoms with Crippen molar-refractivity contribution in [2.75, 3.05) is 13.1 Å². The Labute approximate surface area is 80.6 Å². The molecular formula is C11H19NO. The van der Waals surface area contributed by atoms with Crippen LogP contribution >= 0.6 is 0 Å². The van der Waals surface area contributed by atoms with Gasteiger partial charge < -0.3 is 4.90 Å². The molecule has 0 spiro atoms. The highest BCUT2D eigenvalue weighted by molar-refractivity contribution is 5.72. The Morgan fingerprint density at radius 1 is 1.23 bits per heavy atom. The summed E-state index contributed by atoms with van der Waals surface area (Å²) in [5.41, 5.74) is 0.884. The van der Waals surface area contributed by atoms with E-state index in [1.54, 1.807) is 0 Å². The standard InChI is InChI=1S/C11H19NO/c1-10(2)8-11(9-13)12-6-4-3-5-7-12/h8-10H,3-7H2,1-2H3/b11-8+. The fourth-order valence-corrected chi connectivity index (χ4v) is 1.71. The number of likely N-dealkylation sites (tertiary alicyclic amines) is 1. The summed E-state index contributed by atoms with van der Waals surface area (Å²) in [7, 11) is 0. The van der Waals surface area contributed by atoms with Gasteiger partial charge in [0.2, 0.25) is 0 Å². The van der Waals surface area contributed by atoms with Crippen LogP contribution in [0.5, 0.6) is 0 Å². The van der Waals surface area contributed by atoms with Crippen LogP contribution < -0.4 is 0 Å². The van der Waals surface area contributed by atoms with E-state index in [9.17, 15) is 4.79 Å². The van der Waals surface area contributed by atoms with E-state index in [1.807, 2.05) is 0 Å². The second kappa shape index (κ2) is 5.05. The number of hydrogen-bond acceptors (Lipinski definition) is 2. The highest BCUT2D eigenvalue weighted by Crippen LogP contribution is 2.14. The molecule has 0 aliphatic carbocycles. The summed E-state index contributed by atoms with van der Waals surface area (Å²) in [6.45, 7) is 6.31. The minimum Gasteiger partial charge on any atom is -0.369 e. The molecule has 0 amide bonds. The Morgan fingerprint density at radius 3 is 2.31 bits per heavy atom. The predicted octanol–water partition coefficient (Wildman–Crippen LogP) is 2.21. The Morgan fingerprint density at radius 2 is 1.85 bits per heavy atom. The van der Waals surface area contributed by atoms with E-state index in [4.69, 9.17) is 0 Å². The quantitative estimate of drug-likeness (QED) is 0.491. The molecule has 0 aromatic heterocycles. The molecule has 1 saturated heterocycles. The third-order valence-electron chi connectivity index (χ3n) is 2.35. The van der Waals surface area contributed by atoms with Crippen molar-refractivity contribution in [3.8, 4) is 0 Å². The Hall–Kier alpha value is -0.790. The molecule has 2 heteroatoms. The van der Waals surface area contributed by atoms with Crippen molar-refractivity contribution >= 4 is 6.29 Å². The number of piperidine rings is 1. The number of rotatable bonds is 3. The molecule has 0 aromatic rings. The third-order valence-corrected chi connectivity index (χ3v) is 2.35. The lowest BCUT2D eigenvalue weighted by atomic mass is 10.1. The second-order valence-electron chi connectivity index (χ2n) is 4.00. The maximum absolute atomic E-state index is 10.8. The van der Waals surface area contributed by atoms with Crippen LogP contribution in [0, 0.1) is 5.92 Å². The summed E-state index contributed by atoms with van der Waals surface area (Å²) in [4.78, 5) is 13.0. The number of carbonyl (C=O) groups excluding carboxylic acids is 1. The van der Waals surface area contributed by atoms with Gasteiger partial charge >= 0.3 is 0 Å². The Bertz CT molecular complexity index is 190. The van der Waals surface area contributed by atoms with E-state index in [1.165, 1.54) is 19.3 Å². The van der Waals surface area contributed by atoms with Gasteiger partial charge in [0, 0.05) is 13.1 Å². The van der Waals surface area contributed by atoms with Gasteiger partial charge in [-0.1, -0.05) is 19.9 Å². The first-order chi connectivity index (χ1) is 6.24. The van der Waals surface area contributed by atoms with Crippen molar-refractivity contribution in [3.63, 3.8) is 0 Å². The molecule has 0 saturated carbocycles. The molecule has 0 atom stereocenters. The molecule has 1 fully saturated rings. The number of aldehydes is 1. The molecule has 0 bridgehead atoms. The van der Waals surface area contributed by atoms with Crippen LogP contribution in [0.2, 0.25) is 0 Å². The Kier molecular flexibility index (Phi) is 4.00. The van der Waals surface area contributed by atoms with E-state index in [0.29, 0.717) is 5.92 Å². The number of carbonyl (C=O) groups is 1. The van der Waals surface area contributed by atoms with Crippen molar-refractivity contribution < 1.29 is 4.79 Å². The van der Waals surface area contributed by atoms with Gasteiger partial charge in [-0.2, -0.15) is 0 Å². The van der Waals surface area contributed by atoms with Crippen LogP contribution in [0.3, 0.4) is 0 Å². The van der Waals surface area contributed by atoms with E-state index < -0.39 is 0 Å². The summed E-state index contributed by atoms with van der Waals surface area (Å²) in [5.74, 6) is 0.460. The maximum atomic E-state index is 10.8. The highest BCUT2D eigenvalue weighted by atomic mass is 16.1. The minimum absolute atomic E-state index is 0.460. The van der Waals surface area contributed by atoms with Gasteiger partial charge in [-0.05, 0) is 25.2 Å². The summed E-state index contributed by atoms with van der Waals surface area (Å²) in [5, 5.41) is 0. The molecule has 0 radical (unpaired) electrons. The molecular weight excluding hydrogens is 162 g/mol. The van der Waals surface area contributed by atoms with Crippen molar-refractivity contribution in [3.05, 3.63) is 11.8 Å². The molecule has 1 aliphatic rings. The lowest BCUT2D eigenvalue weighted by molar-refractivity contribution is -0.106. The minimum atomic E-state index is 0.460. The number of allylic oxidation sites excluding steroid dienone is 2. The molecule has 1 aliphatic heterocycles. The van der Waals surface area contributed by atoms with E-state index in [0.717, 1.165) is 25.1 Å². The summed E-state index contributed by atoms with van der Waals surface area (Å²) in [6, 6.07) is 0. The lowest BCUT2D eigenvalue weighted by Gasteiger charge is -2.28. The zero-order valence-corrected chi connectivity index (χ0v) is 8.62.